The number of hydrogen-bond donors (Lipinski definition) is 1. The normalized spacial score (nSPS) is 16.1. The van der Waals surface area contributed by atoms with Gasteiger partial charge in [0.2, 0.25) is 0 Å². The molecule has 0 spiro atoms. The number of nitrogens with one attached hydrogen (secondary N) is 1. The second kappa shape index (κ2) is 8.83. The number of methoxy groups -OCH3 is 1. The van der Waals surface area contributed by atoms with Crippen LogP contribution in [0.4, 0.5) is 0 Å². The first-order valence-corrected chi connectivity index (χ1v) is 11.5. The van der Waals surface area contributed by atoms with E-state index >= 15 is 0 Å². The third-order valence-electron chi connectivity index (χ3n) is 5.70. The number of ether oxygens (including phenoxy) is 1. The molecule has 1 unspecified atom stereocenters. The van der Waals surface area contributed by atoms with Crippen molar-refractivity contribution in [1.29, 1.82) is 0 Å². The van der Waals surface area contributed by atoms with Gasteiger partial charge in [-0.3, -0.25) is 14.2 Å². The van der Waals surface area contributed by atoms with Crippen molar-refractivity contribution in [3.05, 3.63) is 60.8 Å². The van der Waals surface area contributed by atoms with Crippen LogP contribution in [0.1, 0.15) is 46.6 Å². The first-order chi connectivity index (χ1) is 14.5. The van der Waals surface area contributed by atoms with Gasteiger partial charge in [0, 0.05) is 37.2 Å². The molecule has 2 aromatic heterocycles. The van der Waals surface area contributed by atoms with Crippen molar-refractivity contribution >= 4 is 40.4 Å². The van der Waals surface area contributed by atoms with Crippen LogP contribution in [0.2, 0.25) is 0 Å². The molecule has 0 saturated heterocycles. The molecule has 0 radical (unpaired) electrons. The summed E-state index contributed by atoms with van der Waals surface area (Å²) >= 11 is 7.16. The maximum Gasteiger partial charge on any atom is 0.262 e. The van der Waals surface area contributed by atoms with E-state index in [1.54, 1.807) is 41.2 Å². The molecule has 8 heteroatoms. The molecule has 0 fully saturated rings. The van der Waals surface area contributed by atoms with Crippen LogP contribution in [0.15, 0.2) is 34.4 Å². The number of aromatic amines is 1. The molecule has 0 saturated carbocycles. The summed E-state index contributed by atoms with van der Waals surface area (Å²) in [5, 5.41) is 2.64. The lowest BCUT2D eigenvalue weighted by Gasteiger charge is -2.35. The molecule has 1 aromatic carbocycles. The van der Waals surface area contributed by atoms with Crippen molar-refractivity contribution in [3.8, 4) is 0 Å². The molecule has 3 heterocycles. The van der Waals surface area contributed by atoms with Crippen LogP contribution >= 0.6 is 23.6 Å². The minimum atomic E-state index is -0.142. The van der Waals surface area contributed by atoms with E-state index in [2.05, 4.69) is 23.4 Å². The van der Waals surface area contributed by atoms with Gasteiger partial charge in [0.25, 0.3) is 11.5 Å². The van der Waals surface area contributed by atoms with Gasteiger partial charge in [0.05, 0.1) is 16.9 Å². The molecule has 1 atom stereocenters. The van der Waals surface area contributed by atoms with E-state index in [0.29, 0.717) is 47.4 Å². The summed E-state index contributed by atoms with van der Waals surface area (Å²) in [7, 11) is 1.63. The summed E-state index contributed by atoms with van der Waals surface area (Å²) in [6.07, 6.45) is 2.46. The van der Waals surface area contributed by atoms with Gasteiger partial charge in [-0.05, 0) is 66.7 Å². The first-order valence-electron chi connectivity index (χ1n) is 10.2. The molecule has 6 nitrogen and oxygen atoms in total. The van der Waals surface area contributed by atoms with Gasteiger partial charge in [-0.15, -0.1) is 11.3 Å². The van der Waals surface area contributed by atoms with Gasteiger partial charge in [-0.2, -0.15) is 0 Å². The van der Waals surface area contributed by atoms with Crippen LogP contribution in [0.3, 0.4) is 0 Å². The Morgan fingerprint density at radius 2 is 2.20 bits per heavy atom. The minimum absolute atomic E-state index is 0.0100. The number of nitrogens with zero attached hydrogens (tertiary/aromatic N) is 2. The third-order valence-corrected chi connectivity index (χ3v) is 7.02. The predicted octanol–water partition coefficient (Wildman–Crippen LogP) is 4.31. The summed E-state index contributed by atoms with van der Waals surface area (Å²) < 4.78 is 6.98. The number of aromatic nitrogens is 2. The second-order valence-corrected chi connectivity index (χ2v) is 8.85. The quantitative estimate of drug-likeness (QED) is 0.455. The van der Waals surface area contributed by atoms with E-state index in [4.69, 9.17) is 17.0 Å². The zero-order valence-electron chi connectivity index (χ0n) is 17.1. The third kappa shape index (κ3) is 3.75. The Morgan fingerprint density at radius 1 is 1.37 bits per heavy atom. The topological polar surface area (TPSA) is 67.3 Å². The lowest BCUT2D eigenvalue weighted by atomic mass is 9.96. The number of fused-ring (bicyclic) bond motifs is 2. The van der Waals surface area contributed by atoms with Crippen molar-refractivity contribution < 1.29 is 9.53 Å². The monoisotopic (exact) mass is 443 g/mol. The second-order valence-electron chi connectivity index (χ2n) is 7.47. The van der Waals surface area contributed by atoms with E-state index in [9.17, 15) is 9.59 Å². The van der Waals surface area contributed by atoms with Crippen molar-refractivity contribution in [2.75, 3.05) is 20.3 Å². The zero-order valence-corrected chi connectivity index (χ0v) is 18.8. The van der Waals surface area contributed by atoms with Gasteiger partial charge in [-0.1, -0.05) is 6.92 Å². The van der Waals surface area contributed by atoms with Gasteiger partial charge >= 0.3 is 0 Å². The Hall–Kier alpha value is -2.29. The van der Waals surface area contributed by atoms with E-state index in [-0.39, 0.29) is 17.5 Å². The minimum Gasteiger partial charge on any atom is -0.385 e. The molecular formula is C22H25N3O3S2. The Kier molecular flexibility index (Phi) is 6.17. The van der Waals surface area contributed by atoms with Crippen molar-refractivity contribution in [3.63, 3.8) is 0 Å². The van der Waals surface area contributed by atoms with Crippen molar-refractivity contribution in [1.82, 2.24) is 14.5 Å². The SMILES string of the molecule is CCC1c2ccsc2CCN1C(=O)c1ccc2c(=O)n(CCCOC)c(=S)[nH]c2c1. The zero-order chi connectivity index (χ0) is 21.3. The van der Waals surface area contributed by atoms with Crippen LogP contribution in [0, 0.1) is 4.77 Å². The van der Waals surface area contributed by atoms with Crippen LogP contribution in [0.25, 0.3) is 10.9 Å². The van der Waals surface area contributed by atoms with Crippen LogP contribution < -0.4 is 5.56 Å². The van der Waals surface area contributed by atoms with E-state index in [1.807, 2.05) is 4.90 Å². The lowest BCUT2D eigenvalue weighted by molar-refractivity contribution is 0.0657. The molecule has 0 bridgehead atoms. The summed E-state index contributed by atoms with van der Waals surface area (Å²) in [5.41, 5.74) is 2.29. The molecule has 1 N–H and O–H groups in total. The Morgan fingerprint density at radius 3 is 2.97 bits per heavy atom. The number of H-pyrrole nitrogens is 1. The predicted molar refractivity (Wildman–Crippen MR) is 122 cm³/mol. The van der Waals surface area contributed by atoms with Crippen molar-refractivity contribution in [2.24, 2.45) is 0 Å². The van der Waals surface area contributed by atoms with Gasteiger partial charge < -0.3 is 14.6 Å². The maximum atomic E-state index is 13.3. The van der Waals surface area contributed by atoms with Gasteiger partial charge in [0.1, 0.15) is 0 Å². The number of amides is 1. The summed E-state index contributed by atoms with van der Waals surface area (Å²) in [6, 6.07) is 7.46. The van der Waals surface area contributed by atoms with E-state index in [1.165, 1.54) is 10.4 Å². The Bertz CT molecular complexity index is 1190. The molecule has 1 aliphatic heterocycles. The fourth-order valence-corrected chi connectivity index (χ4v) is 5.42. The highest BCUT2D eigenvalue weighted by Gasteiger charge is 2.31. The Labute approximate surface area is 184 Å². The maximum absolute atomic E-state index is 13.3. The van der Waals surface area contributed by atoms with Gasteiger partial charge in [-0.25, -0.2) is 0 Å². The largest absolute Gasteiger partial charge is 0.385 e. The van der Waals surface area contributed by atoms with Gasteiger partial charge in [0.15, 0.2) is 4.77 Å². The van der Waals surface area contributed by atoms with Crippen LogP contribution in [-0.2, 0) is 17.7 Å². The van der Waals surface area contributed by atoms with Crippen LogP contribution in [-0.4, -0.2) is 40.6 Å². The highest BCUT2D eigenvalue weighted by atomic mass is 32.1. The smallest absolute Gasteiger partial charge is 0.262 e. The molecule has 1 aliphatic rings. The fourth-order valence-electron chi connectivity index (χ4n) is 4.20. The number of rotatable bonds is 6. The summed E-state index contributed by atoms with van der Waals surface area (Å²) in [5.74, 6) is -0.0100. The molecular weight excluding hydrogens is 418 g/mol. The lowest BCUT2D eigenvalue weighted by Crippen LogP contribution is -2.39. The fraction of sp³-hybridized carbons (Fsp3) is 0.409. The highest BCUT2D eigenvalue weighted by molar-refractivity contribution is 7.71. The molecule has 30 heavy (non-hydrogen) atoms. The highest BCUT2D eigenvalue weighted by Crippen LogP contribution is 2.36. The van der Waals surface area contributed by atoms with Crippen LogP contribution in [0.5, 0.6) is 0 Å². The average molecular weight is 444 g/mol. The number of carbonyl (C=O) groups is 1. The van der Waals surface area contributed by atoms with E-state index in [0.717, 1.165) is 12.8 Å². The molecule has 1 amide bonds. The Balaban J connectivity index is 1.67. The average Bonchev–Trinajstić information content (AvgIpc) is 3.23. The number of benzene rings is 1. The van der Waals surface area contributed by atoms with E-state index < -0.39 is 0 Å². The molecule has 158 valence electrons. The molecule has 0 aliphatic carbocycles. The first kappa shape index (κ1) is 21.0. The van der Waals surface area contributed by atoms with Crippen molar-refractivity contribution in [2.45, 2.75) is 38.8 Å². The number of thiophene rings is 1. The standard InChI is InChI=1S/C22H25N3O3S2/c1-3-18-16-8-12-30-19(16)7-10-24(18)20(26)14-5-6-15-17(13-14)23-22(29)25(21(15)27)9-4-11-28-2/h5-6,8,12-13,18H,3-4,7,9-11H2,1-2H3,(H,23,29). The summed E-state index contributed by atoms with van der Waals surface area (Å²) in [6.45, 7) is 3.88. The summed E-state index contributed by atoms with van der Waals surface area (Å²) in [4.78, 5) is 32.7. The molecule has 3 aromatic rings. The number of hydrogen-bond acceptors (Lipinski definition) is 5. The molecule has 4 rings (SSSR count). The number of carbonyl (C=O) groups excluding carboxylic acids is 1.